The van der Waals surface area contributed by atoms with Crippen LogP contribution < -0.4 is 4.74 Å². The summed E-state index contributed by atoms with van der Waals surface area (Å²) < 4.78 is 4.89. The standard InChI is InChI=1S/C20H15N4O3.Cu/c25-14-27-19-13-7-5-11-17(19)22-24-20(15-8-2-1-3-9-15)23-21-16-10-4-6-12-18(16)26;/h1-14H,(H-,21,22,23,24,26);/q-1;+1. The normalized spacial score (nSPS) is 10.9. The van der Waals surface area contributed by atoms with E-state index in [0.29, 0.717) is 23.4 Å². The molecule has 0 aromatic heterocycles. The van der Waals surface area contributed by atoms with E-state index in [-0.39, 0.29) is 34.4 Å². The molecule has 0 unspecified atom stereocenters. The number of carbonyl (C=O) groups is 1. The summed E-state index contributed by atoms with van der Waals surface area (Å²) >= 11 is 0. The predicted molar refractivity (Wildman–Crippen MR) is 102 cm³/mol. The van der Waals surface area contributed by atoms with Crippen LogP contribution in [0, 0.1) is 0 Å². The zero-order chi connectivity index (χ0) is 18.9. The number of hydrogen-bond acceptors (Lipinski definition) is 5. The van der Waals surface area contributed by atoms with E-state index < -0.39 is 0 Å². The van der Waals surface area contributed by atoms with E-state index >= 15 is 0 Å². The zero-order valence-corrected chi connectivity index (χ0v) is 15.4. The number of nitrogens with zero attached hydrogens (tertiary/aromatic N) is 4. The number of rotatable bonds is 6. The summed E-state index contributed by atoms with van der Waals surface area (Å²) in [6.07, 6.45) is 0. The molecule has 0 bridgehead atoms. The van der Waals surface area contributed by atoms with Crippen LogP contribution in [0.15, 0.2) is 94.2 Å². The first-order valence-electron chi connectivity index (χ1n) is 8.01. The van der Waals surface area contributed by atoms with Crippen molar-refractivity contribution < 1.29 is 31.7 Å². The summed E-state index contributed by atoms with van der Waals surface area (Å²) in [5, 5.41) is 22.2. The van der Waals surface area contributed by atoms with E-state index in [1.807, 2.05) is 30.3 Å². The topological polar surface area (TPSA) is 97.7 Å². The zero-order valence-electron chi connectivity index (χ0n) is 14.4. The smallest absolute Gasteiger partial charge is 0.571 e. The molecule has 0 aliphatic carbocycles. The van der Waals surface area contributed by atoms with Gasteiger partial charge in [0.25, 0.3) is 6.47 Å². The minimum absolute atomic E-state index is 0. The van der Waals surface area contributed by atoms with E-state index in [1.165, 1.54) is 6.07 Å². The molecule has 0 spiro atoms. The van der Waals surface area contributed by atoms with Gasteiger partial charge in [0.2, 0.25) is 0 Å². The number of benzene rings is 3. The Labute approximate surface area is 172 Å². The first-order chi connectivity index (χ1) is 13.3. The second-order valence-corrected chi connectivity index (χ2v) is 5.26. The third-order valence-electron chi connectivity index (χ3n) is 3.46. The molecule has 0 amide bonds. The number of phenolic OH excluding ortho intramolecular Hbond substituents is 1. The maximum Gasteiger partial charge on any atom is 1.00 e. The monoisotopic (exact) mass is 422 g/mol. The molecule has 0 aliphatic heterocycles. The van der Waals surface area contributed by atoms with E-state index in [4.69, 9.17) is 4.74 Å². The molecule has 7 nitrogen and oxygen atoms in total. The molecular weight excluding hydrogens is 408 g/mol. The quantitative estimate of drug-likeness (QED) is 0.150. The molecule has 0 aliphatic rings. The molecule has 1 N–H and O–H groups in total. The maximum absolute atomic E-state index is 10.6. The van der Waals surface area contributed by atoms with Crippen LogP contribution in [0.4, 0.5) is 11.4 Å². The molecule has 144 valence electrons. The number of phenols is 1. The first-order valence-corrected chi connectivity index (χ1v) is 8.01. The number of hydrogen-bond donors (Lipinski definition) is 1. The molecule has 0 radical (unpaired) electrons. The van der Waals surface area contributed by atoms with E-state index in [0.717, 1.165) is 0 Å². The summed E-state index contributed by atoms with van der Waals surface area (Å²) in [6, 6.07) is 22.5. The summed E-state index contributed by atoms with van der Waals surface area (Å²) in [5.41, 5.74) is 5.50. The molecule has 8 heteroatoms. The van der Waals surface area contributed by atoms with Crippen molar-refractivity contribution >= 4 is 23.7 Å². The summed E-state index contributed by atoms with van der Waals surface area (Å²) in [6.45, 7) is 0.327. The van der Waals surface area contributed by atoms with Crippen LogP contribution in [0.5, 0.6) is 11.5 Å². The fourth-order valence-electron chi connectivity index (χ4n) is 2.17. The van der Waals surface area contributed by atoms with Gasteiger partial charge in [0.1, 0.15) is 17.2 Å². The van der Waals surface area contributed by atoms with E-state index in [1.54, 1.807) is 42.5 Å². The van der Waals surface area contributed by atoms with Gasteiger partial charge in [-0.2, -0.15) is 0 Å². The number of para-hydroxylation sites is 2. The number of ether oxygens (including phenoxy) is 1. The number of amidine groups is 1. The molecule has 0 saturated carbocycles. The summed E-state index contributed by atoms with van der Waals surface area (Å²) in [7, 11) is 0. The van der Waals surface area contributed by atoms with E-state index in [2.05, 4.69) is 20.8 Å². The van der Waals surface area contributed by atoms with Crippen LogP contribution in [0.25, 0.3) is 5.43 Å². The van der Waals surface area contributed by atoms with Crippen LogP contribution in [0.1, 0.15) is 5.56 Å². The van der Waals surface area contributed by atoms with Gasteiger partial charge in [0.05, 0.1) is 0 Å². The van der Waals surface area contributed by atoms with E-state index in [9.17, 15) is 9.90 Å². The van der Waals surface area contributed by atoms with Gasteiger partial charge in [0, 0.05) is 5.56 Å². The van der Waals surface area contributed by atoms with Crippen molar-refractivity contribution in [3.63, 3.8) is 0 Å². The fraction of sp³-hybridized carbons (Fsp3) is 0. The minimum atomic E-state index is 0. The summed E-state index contributed by atoms with van der Waals surface area (Å²) in [4.78, 5) is 10.6. The molecule has 28 heavy (non-hydrogen) atoms. The van der Waals surface area contributed by atoms with Crippen molar-refractivity contribution in [3.05, 3.63) is 89.9 Å². The Morgan fingerprint density at radius 1 is 0.929 bits per heavy atom. The Balaban J connectivity index is 0.00000280. The van der Waals surface area contributed by atoms with Gasteiger partial charge in [-0.15, -0.1) is 10.2 Å². The number of azo groups is 1. The van der Waals surface area contributed by atoms with Gasteiger partial charge < -0.3 is 20.4 Å². The Morgan fingerprint density at radius 3 is 2.36 bits per heavy atom. The van der Waals surface area contributed by atoms with Crippen molar-refractivity contribution in [3.8, 4) is 11.5 Å². The second-order valence-electron chi connectivity index (χ2n) is 5.26. The average molecular weight is 423 g/mol. The molecule has 3 aromatic rings. The van der Waals surface area contributed by atoms with Crippen molar-refractivity contribution in [1.29, 1.82) is 0 Å². The van der Waals surface area contributed by atoms with Crippen molar-refractivity contribution in [1.82, 2.24) is 0 Å². The predicted octanol–water partition coefficient (Wildman–Crippen LogP) is 5.08. The Kier molecular flexibility index (Phi) is 7.90. The van der Waals surface area contributed by atoms with Crippen molar-refractivity contribution in [2.45, 2.75) is 0 Å². The van der Waals surface area contributed by atoms with Gasteiger partial charge >= 0.3 is 17.1 Å². The number of carbonyl (C=O) groups excluding carboxylic acids is 1. The Morgan fingerprint density at radius 2 is 1.61 bits per heavy atom. The minimum Gasteiger partial charge on any atom is -0.571 e. The van der Waals surface area contributed by atoms with Gasteiger partial charge in [-0.3, -0.25) is 4.79 Å². The second kappa shape index (κ2) is 10.6. The fourth-order valence-corrected chi connectivity index (χ4v) is 2.17. The van der Waals surface area contributed by atoms with Crippen molar-refractivity contribution in [2.24, 2.45) is 15.3 Å². The van der Waals surface area contributed by atoms with Crippen LogP contribution in [0.3, 0.4) is 0 Å². The third-order valence-corrected chi connectivity index (χ3v) is 3.46. The molecule has 0 fully saturated rings. The molecule has 3 rings (SSSR count). The van der Waals surface area contributed by atoms with Crippen molar-refractivity contribution in [2.75, 3.05) is 0 Å². The molecule has 0 atom stereocenters. The van der Waals surface area contributed by atoms with Crippen LogP contribution in [-0.4, -0.2) is 17.4 Å². The van der Waals surface area contributed by atoms with Crippen LogP contribution >= 0.6 is 0 Å². The Bertz CT molecular complexity index is 978. The number of aromatic hydroxyl groups is 1. The largest absolute Gasteiger partial charge is 1.00 e. The first kappa shape index (κ1) is 20.8. The molecule has 0 heterocycles. The third kappa shape index (κ3) is 5.51. The molecule has 3 aromatic carbocycles. The van der Waals surface area contributed by atoms with Gasteiger partial charge in [-0.1, -0.05) is 66.4 Å². The van der Waals surface area contributed by atoms with Crippen LogP contribution in [0.2, 0.25) is 0 Å². The summed E-state index contributed by atoms with van der Waals surface area (Å²) in [5.74, 6) is 0.524. The molecule has 0 saturated heterocycles. The van der Waals surface area contributed by atoms with Crippen LogP contribution in [-0.2, 0) is 21.9 Å². The van der Waals surface area contributed by atoms with Gasteiger partial charge in [0.15, 0.2) is 5.84 Å². The Hall–Kier alpha value is -3.48. The SMILES string of the molecule is O=COc1ccccc1[N-]/N=C(\N=Nc1ccccc1O)c1ccccc1.[Cu+]. The average Bonchev–Trinajstić information content (AvgIpc) is 2.71. The van der Waals surface area contributed by atoms with Gasteiger partial charge in [-0.25, -0.2) is 0 Å². The maximum atomic E-state index is 10.6. The van der Waals surface area contributed by atoms with Gasteiger partial charge in [-0.05, 0) is 18.2 Å². The molecular formula is C20H15CuN4O3.